The highest BCUT2D eigenvalue weighted by Crippen LogP contribution is 2.23. The number of nitrogens with one attached hydrogen (secondary N) is 1. The Hall–Kier alpha value is -2.52. The van der Waals surface area contributed by atoms with Crippen LogP contribution in [-0.4, -0.2) is 41.7 Å². The zero-order chi connectivity index (χ0) is 19.4. The van der Waals surface area contributed by atoms with E-state index in [1.165, 1.54) is 4.31 Å². The van der Waals surface area contributed by atoms with E-state index in [2.05, 4.69) is 20.3 Å². The first-order valence-electron chi connectivity index (χ1n) is 8.88. The molecule has 0 spiro atoms. The van der Waals surface area contributed by atoms with Crippen molar-refractivity contribution < 1.29 is 8.42 Å². The maximum absolute atomic E-state index is 12.8. The third kappa shape index (κ3) is 4.81. The molecule has 9 heteroatoms. The summed E-state index contributed by atoms with van der Waals surface area (Å²) in [5.74, 6) is 0.349. The number of benzene rings is 1. The number of aromatic nitrogens is 2. The van der Waals surface area contributed by atoms with Gasteiger partial charge in [0.25, 0.3) is 5.95 Å². The fraction of sp³-hybridized carbons (Fsp3) is 0.389. The quantitative estimate of drug-likeness (QED) is 0.614. The molecule has 0 aliphatic carbocycles. The van der Waals surface area contributed by atoms with Crippen LogP contribution in [0.2, 0.25) is 0 Å². The summed E-state index contributed by atoms with van der Waals surface area (Å²) >= 11 is 0. The fourth-order valence-corrected chi connectivity index (χ4v) is 4.59. The van der Waals surface area contributed by atoms with Crippen LogP contribution in [0.25, 0.3) is 0 Å². The van der Waals surface area contributed by atoms with E-state index in [0.29, 0.717) is 18.8 Å². The van der Waals surface area contributed by atoms with Gasteiger partial charge >= 0.3 is 0 Å². The highest BCUT2D eigenvalue weighted by molar-refractivity contribution is 7.89. The average molecular weight is 388 g/mol. The molecular weight excluding hydrogens is 364 g/mol. The lowest BCUT2D eigenvalue weighted by Gasteiger charge is -2.26. The van der Waals surface area contributed by atoms with Crippen molar-refractivity contribution in [1.29, 1.82) is 0 Å². The Morgan fingerprint density at radius 2 is 1.78 bits per heavy atom. The number of rotatable bonds is 4. The summed E-state index contributed by atoms with van der Waals surface area (Å²) in [7, 11) is -3.50. The van der Waals surface area contributed by atoms with Crippen molar-refractivity contribution in [2.75, 3.05) is 18.4 Å². The molecule has 0 amide bonds. The standard InChI is InChI=1S/C18H24N6O2S/c1-13-11-14(2)21-18(20-13)23-17(19)22-15-7-6-8-16(12-15)27(25,26)24-9-4-3-5-10-24/h6-8,11-12H,3-5,9-10H2,1-2H3,(H3,19,20,21,22,23). The van der Waals surface area contributed by atoms with Gasteiger partial charge in [0.1, 0.15) is 0 Å². The van der Waals surface area contributed by atoms with Gasteiger partial charge in [-0.1, -0.05) is 12.5 Å². The molecule has 8 nitrogen and oxygen atoms in total. The summed E-state index contributed by atoms with van der Waals surface area (Å²) in [5.41, 5.74) is 8.07. The van der Waals surface area contributed by atoms with Crippen molar-refractivity contribution in [3.05, 3.63) is 41.7 Å². The molecule has 3 rings (SSSR count). The molecule has 1 fully saturated rings. The van der Waals surface area contributed by atoms with Crippen molar-refractivity contribution in [2.45, 2.75) is 38.0 Å². The second-order valence-corrected chi connectivity index (χ2v) is 8.50. The molecular formula is C18H24N6O2S. The van der Waals surface area contributed by atoms with Gasteiger partial charge in [-0.15, -0.1) is 0 Å². The second-order valence-electron chi connectivity index (χ2n) is 6.57. The van der Waals surface area contributed by atoms with Crippen molar-refractivity contribution >= 4 is 27.6 Å². The monoisotopic (exact) mass is 388 g/mol. The fourth-order valence-electron chi connectivity index (χ4n) is 3.03. The van der Waals surface area contributed by atoms with Crippen LogP contribution >= 0.6 is 0 Å². The predicted octanol–water partition coefficient (Wildman–Crippen LogP) is 2.33. The molecule has 27 heavy (non-hydrogen) atoms. The first-order valence-corrected chi connectivity index (χ1v) is 10.3. The van der Waals surface area contributed by atoms with E-state index in [1.54, 1.807) is 24.3 Å². The maximum atomic E-state index is 12.8. The van der Waals surface area contributed by atoms with E-state index >= 15 is 0 Å². The topological polar surface area (TPSA) is 114 Å². The van der Waals surface area contributed by atoms with E-state index in [9.17, 15) is 8.42 Å². The third-order valence-corrected chi connectivity index (χ3v) is 6.14. The first-order chi connectivity index (χ1) is 12.8. The van der Waals surface area contributed by atoms with Gasteiger partial charge < -0.3 is 11.1 Å². The maximum Gasteiger partial charge on any atom is 0.253 e. The van der Waals surface area contributed by atoms with E-state index < -0.39 is 10.0 Å². The number of aryl methyl sites for hydroxylation is 2. The van der Waals surface area contributed by atoms with Crippen LogP contribution in [-0.2, 0) is 10.0 Å². The predicted molar refractivity (Wildman–Crippen MR) is 105 cm³/mol. The van der Waals surface area contributed by atoms with Crippen LogP contribution < -0.4 is 11.1 Å². The molecule has 1 aromatic heterocycles. The lowest BCUT2D eigenvalue weighted by molar-refractivity contribution is 0.346. The SMILES string of the molecule is Cc1cc(C)nc(N=C(N)Nc2cccc(S(=O)(=O)N3CCCCC3)c2)n1. The smallest absolute Gasteiger partial charge is 0.253 e. The number of sulfonamides is 1. The molecule has 0 bridgehead atoms. The summed E-state index contributed by atoms with van der Waals surface area (Å²) in [5, 5.41) is 2.91. The highest BCUT2D eigenvalue weighted by Gasteiger charge is 2.25. The molecule has 0 radical (unpaired) electrons. The molecule has 3 N–H and O–H groups in total. The Balaban J connectivity index is 1.80. The molecule has 0 atom stereocenters. The second kappa shape index (κ2) is 8.01. The summed E-state index contributed by atoms with van der Waals surface area (Å²) in [6.45, 7) is 4.83. The van der Waals surface area contributed by atoms with Gasteiger partial charge in [-0.05, 0) is 51.0 Å². The molecule has 1 aromatic carbocycles. The van der Waals surface area contributed by atoms with Crippen LogP contribution in [0.1, 0.15) is 30.7 Å². The minimum atomic E-state index is -3.50. The van der Waals surface area contributed by atoms with Crippen LogP contribution in [0.5, 0.6) is 0 Å². The van der Waals surface area contributed by atoms with E-state index in [-0.39, 0.29) is 16.8 Å². The number of piperidine rings is 1. The summed E-state index contributed by atoms with van der Waals surface area (Å²) in [4.78, 5) is 12.8. The minimum absolute atomic E-state index is 0.0903. The van der Waals surface area contributed by atoms with Gasteiger partial charge in [0.15, 0.2) is 0 Å². The molecule has 1 saturated heterocycles. The Labute approximate surface area is 159 Å². The molecule has 2 aromatic rings. The zero-order valence-electron chi connectivity index (χ0n) is 15.5. The Morgan fingerprint density at radius 3 is 2.44 bits per heavy atom. The van der Waals surface area contributed by atoms with Gasteiger partial charge in [0.2, 0.25) is 16.0 Å². The zero-order valence-corrected chi connectivity index (χ0v) is 16.3. The average Bonchev–Trinajstić information content (AvgIpc) is 2.61. The minimum Gasteiger partial charge on any atom is -0.369 e. The Morgan fingerprint density at radius 1 is 1.11 bits per heavy atom. The number of nitrogens with zero attached hydrogens (tertiary/aromatic N) is 4. The van der Waals surface area contributed by atoms with Gasteiger partial charge in [0.05, 0.1) is 4.90 Å². The number of hydrogen-bond donors (Lipinski definition) is 2. The molecule has 0 unspecified atom stereocenters. The molecule has 144 valence electrons. The number of guanidine groups is 1. The van der Waals surface area contributed by atoms with E-state index in [0.717, 1.165) is 30.7 Å². The lowest BCUT2D eigenvalue weighted by Crippen LogP contribution is -2.35. The van der Waals surface area contributed by atoms with Crippen LogP contribution in [0.4, 0.5) is 11.6 Å². The van der Waals surface area contributed by atoms with Crippen molar-refractivity contribution in [2.24, 2.45) is 10.7 Å². The normalized spacial score (nSPS) is 16.3. The van der Waals surface area contributed by atoms with Crippen LogP contribution in [0.3, 0.4) is 0 Å². The Bertz CT molecular complexity index is 932. The molecule has 1 aliphatic heterocycles. The number of aliphatic imine (C=N–C) groups is 1. The van der Waals surface area contributed by atoms with Gasteiger partial charge in [-0.3, -0.25) is 0 Å². The molecule has 1 aliphatic rings. The number of hydrogen-bond acceptors (Lipinski definition) is 5. The number of nitrogens with two attached hydrogens (primary N) is 1. The number of anilines is 1. The van der Waals surface area contributed by atoms with E-state index in [1.807, 2.05) is 19.9 Å². The van der Waals surface area contributed by atoms with Crippen molar-refractivity contribution in [3.8, 4) is 0 Å². The Kier molecular flexibility index (Phi) is 5.71. The summed E-state index contributed by atoms with van der Waals surface area (Å²) in [6.07, 6.45) is 2.86. The van der Waals surface area contributed by atoms with Crippen molar-refractivity contribution in [1.82, 2.24) is 14.3 Å². The first kappa shape index (κ1) is 19.2. The molecule has 0 saturated carbocycles. The summed E-state index contributed by atoms with van der Waals surface area (Å²) in [6, 6.07) is 8.42. The largest absolute Gasteiger partial charge is 0.369 e. The third-order valence-electron chi connectivity index (χ3n) is 4.25. The summed E-state index contributed by atoms with van der Waals surface area (Å²) < 4.78 is 27.2. The van der Waals surface area contributed by atoms with Crippen molar-refractivity contribution in [3.63, 3.8) is 0 Å². The van der Waals surface area contributed by atoms with Gasteiger partial charge in [-0.2, -0.15) is 9.30 Å². The lowest BCUT2D eigenvalue weighted by atomic mass is 10.2. The highest BCUT2D eigenvalue weighted by atomic mass is 32.2. The van der Waals surface area contributed by atoms with Crippen LogP contribution in [0, 0.1) is 13.8 Å². The van der Waals surface area contributed by atoms with Gasteiger partial charge in [-0.25, -0.2) is 18.4 Å². The van der Waals surface area contributed by atoms with Crippen LogP contribution in [0.15, 0.2) is 40.2 Å². The van der Waals surface area contributed by atoms with E-state index in [4.69, 9.17) is 5.73 Å². The molecule has 2 heterocycles. The van der Waals surface area contributed by atoms with Gasteiger partial charge in [0, 0.05) is 30.2 Å².